The van der Waals surface area contributed by atoms with Gasteiger partial charge in [-0.25, -0.2) is 4.79 Å². The molecule has 0 saturated carbocycles. The fourth-order valence-electron chi connectivity index (χ4n) is 7.54. The SMILES string of the molecule is Cc1ccccc1N1CCc2ccccc2[C@H]1[C@H](N=C(c1ccccc1)c1ccccc1NC(=O)[C@@H]1CCCN1Cc1ccccc1)C(=O)O. The van der Waals surface area contributed by atoms with Crippen LogP contribution < -0.4 is 10.2 Å². The normalized spacial score (nSPS) is 18.3. The molecule has 252 valence electrons. The lowest BCUT2D eigenvalue weighted by molar-refractivity contribution is -0.139. The van der Waals surface area contributed by atoms with Crippen molar-refractivity contribution in [1.82, 2.24) is 4.90 Å². The third kappa shape index (κ3) is 6.96. The second kappa shape index (κ2) is 14.9. The van der Waals surface area contributed by atoms with Crippen LogP contribution >= 0.6 is 0 Å². The number of anilines is 2. The Morgan fingerprint density at radius 1 is 0.820 bits per heavy atom. The number of hydrogen-bond acceptors (Lipinski definition) is 5. The van der Waals surface area contributed by atoms with Crippen LogP contribution in [0.5, 0.6) is 0 Å². The van der Waals surface area contributed by atoms with Crippen LogP contribution in [0.15, 0.2) is 138 Å². The van der Waals surface area contributed by atoms with Crippen molar-refractivity contribution in [3.63, 3.8) is 0 Å². The van der Waals surface area contributed by atoms with Crippen LogP contribution in [-0.4, -0.2) is 52.8 Å². The van der Waals surface area contributed by atoms with Crippen molar-refractivity contribution in [2.24, 2.45) is 4.99 Å². The highest BCUT2D eigenvalue weighted by Gasteiger charge is 2.39. The molecule has 7 nitrogen and oxygen atoms in total. The minimum atomic E-state index is -1.15. The summed E-state index contributed by atoms with van der Waals surface area (Å²) in [5, 5.41) is 14.3. The fourth-order valence-corrected chi connectivity index (χ4v) is 7.54. The van der Waals surface area contributed by atoms with E-state index < -0.39 is 18.1 Å². The Hall–Kier alpha value is -5.53. The number of para-hydroxylation sites is 2. The Balaban J connectivity index is 1.29. The first-order valence-corrected chi connectivity index (χ1v) is 17.4. The number of nitrogens with one attached hydrogen (secondary N) is 1. The van der Waals surface area contributed by atoms with E-state index in [1.807, 2.05) is 103 Å². The topological polar surface area (TPSA) is 85.2 Å². The standard InChI is InChI=1S/C43H42N4O3/c1-30-15-8-13-24-37(30)47-28-26-32-18-9-10-21-34(32)41(47)40(43(49)50)45-39(33-19-6-3-7-20-33)35-22-11-12-23-36(35)44-42(48)38-25-14-27-46(38)29-31-16-4-2-5-17-31/h2-13,15-24,38,40-41H,14,25-29H2,1H3,(H,44,48)(H,49,50)/t38-,40-,41-/m0/s1. The number of aliphatic imine (C=N–C) groups is 1. The number of rotatable bonds is 10. The number of fused-ring (bicyclic) bond motifs is 1. The number of aliphatic carboxylic acids is 1. The number of benzene rings is 5. The van der Waals surface area contributed by atoms with Gasteiger partial charge >= 0.3 is 5.97 Å². The van der Waals surface area contributed by atoms with E-state index in [2.05, 4.69) is 52.4 Å². The highest BCUT2D eigenvalue weighted by Crippen LogP contribution is 2.39. The van der Waals surface area contributed by atoms with Gasteiger partial charge in [-0.2, -0.15) is 0 Å². The molecule has 2 heterocycles. The zero-order valence-corrected chi connectivity index (χ0v) is 28.3. The Bertz CT molecular complexity index is 1990. The van der Waals surface area contributed by atoms with Crippen molar-refractivity contribution in [3.05, 3.63) is 167 Å². The largest absolute Gasteiger partial charge is 0.480 e. The summed E-state index contributed by atoms with van der Waals surface area (Å²) in [5.74, 6) is -1.08. The van der Waals surface area contributed by atoms with Gasteiger partial charge in [0.25, 0.3) is 0 Å². The average Bonchev–Trinajstić information content (AvgIpc) is 3.61. The molecule has 3 atom stereocenters. The third-order valence-corrected chi connectivity index (χ3v) is 9.96. The quantitative estimate of drug-likeness (QED) is 0.150. The van der Waals surface area contributed by atoms with Gasteiger partial charge in [0.05, 0.1) is 23.5 Å². The van der Waals surface area contributed by atoms with Gasteiger partial charge in [-0.05, 0) is 67.1 Å². The molecule has 2 N–H and O–H groups in total. The molecule has 1 amide bonds. The molecule has 1 saturated heterocycles. The van der Waals surface area contributed by atoms with E-state index in [0.717, 1.165) is 53.7 Å². The molecular weight excluding hydrogens is 620 g/mol. The predicted octanol–water partition coefficient (Wildman–Crippen LogP) is 7.69. The van der Waals surface area contributed by atoms with Crippen LogP contribution in [0.1, 0.15) is 52.3 Å². The number of amides is 1. The number of likely N-dealkylation sites (tertiary alicyclic amines) is 1. The second-order valence-electron chi connectivity index (χ2n) is 13.1. The Morgan fingerprint density at radius 2 is 1.50 bits per heavy atom. The molecule has 5 aromatic rings. The molecule has 5 aromatic carbocycles. The van der Waals surface area contributed by atoms with E-state index in [1.54, 1.807) is 0 Å². The van der Waals surface area contributed by atoms with Gasteiger partial charge < -0.3 is 15.3 Å². The molecule has 0 aliphatic carbocycles. The average molecular weight is 663 g/mol. The summed E-state index contributed by atoms with van der Waals surface area (Å²) in [6.07, 6.45) is 2.53. The fraction of sp³-hybridized carbons (Fsp3) is 0.233. The first-order valence-electron chi connectivity index (χ1n) is 17.4. The molecule has 0 spiro atoms. The van der Waals surface area contributed by atoms with E-state index in [0.29, 0.717) is 30.1 Å². The van der Waals surface area contributed by atoms with Crippen molar-refractivity contribution in [1.29, 1.82) is 0 Å². The minimum Gasteiger partial charge on any atom is -0.480 e. The molecule has 1 fully saturated rings. The van der Waals surface area contributed by atoms with Crippen LogP contribution in [-0.2, 0) is 22.6 Å². The molecule has 7 heteroatoms. The lowest BCUT2D eigenvalue weighted by atomic mass is 9.87. The van der Waals surface area contributed by atoms with Crippen molar-refractivity contribution in [2.45, 2.75) is 50.9 Å². The predicted molar refractivity (Wildman–Crippen MR) is 200 cm³/mol. The maximum atomic E-state index is 14.0. The minimum absolute atomic E-state index is 0.0694. The molecule has 7 rings (SSSR count). The van der Waals surface area contributed by atoms with E-state index in [1.165, 1.54) is 5.56 Å². The van der Waals surface area contributed by atoms with Crippen molar-refractivity contribution < 1.29 is 14.7 Å². The first-order chi connectivity index (χ1) is 24.5. The van der Waals surface area contributed by atoms with Gasteiger partial charge in [0, 0.05) is 29.9 Å². The monoisotopic (exact) mass is 662 g/mol. The molecule has 50 heavy (non-hydrogen) atoms. The molecule has 0 aromatic heterocycles. The number of hydrogen-bond donors (Lipinski definition) is 2. The Labute approximate surface area is 293 Å². The maximum absolute atomic E-state index is 14.0. The van der Waals surface area contributed by atoms with E-state index in [4.69, 9.17) is 4.99 Å². The van der Waals surface area contributed by atoms with Gasteiger partial charge in [0.1, 0.15) is 0 Å². The van der Waals surface area contributed by atoms with E-state index in [9.17, 15) is 14.7 Å². The lowest BCUT2D eigenvalue weighted by Gasteiger charge is -2.41. The molecule has 0 bridgehead atoms. The smallest absolute Gasteiger partial charge is 0.330 e. The number of carboxylic acids is 1. The van der Waals surface area contributed by atoms with E-state index in [-0.39, 0.29) is 11.9 Å². The zero-order valence-electron chi connectivity index (χ0n) is 28.3. The Kier molecular flexibility index (Phi) is 9.85. The van der Waals surface area contributed by atoms with E-state index >= 15 is 0 Å². The van der Waals surface area contributed by atoms with Gasteiger partial charge in [-0.3, -0.25) is 14.7 Å². The highest BCUT2D eigenvalue weighted by molar-refractivity contribution is 6.17. The summed E-state index contributed by atoms with van der Waals surface area (Å²) < 4.78 is 0. The van der Waals surface area contributed by atoms with Crippen LogP contribution in [0, 0.1) is 6.92 Å². The van der Waals surface area contributed by atoms with Crippen molar-refractivity contribution >= 4 is 29.0 Å². The van der Waals surface area contributed by atoms with Crippen LogP contribution in [0.4, 0.5) is 11.4 Å². The molecule has 0 unspecified atom stereocenters. The van der Waals surface area contributed by atoms with Crippen LogP contribution in [0.25, 0.3) is 0 Å². The summed E-state index contributed by atoms with van der Waals surface area (Å²) in [6, 6.07) is 41.8. The van der Waals surface area contributed by atoms with Crippen molar-refractivity contribution in [2.75, 3.05) is 23.3 Å². The molecule has 2 aliphatic heterocycles. The molecular formula is C43H42N4O3. The summed E-state index contributed by atoms with van der Waals surface area (Å²) in [6.45, 7) is 4.29. The second-order valence-corrected chi connectivity index (χ2v) is 13.1. The van der Waals surface area contributed by atoms with Gasteiger partial charge in [0.15, 0.2) is 6.04 Å². The van der Waals surface area contributed by atoms with Crippen LogP contribution in [0.3, 0.4) is 0 Å². The number of carboxylic acid groups (broad SMARTS) is 1. The number of nitrogens with zero attached hydrogens (tertiary/aromatic N) is 3. The van der Waals surface area contributed by atoms with Crippen molar-refractivity contribution in [3.8, 4) is 0 Å². The number of aryl methyl sites for hydroxylation is 1. The molecule has 0 radical (unpaired) electrons. The number of carbonyl (C=O) groups is 2. The lowest BCUT2D eigenvalue weighted by Crippen LogP contribution is -2.45. The first kappa shape index (κ1) is 33.0. The van der Waals surface area contributed by atoms with Crippen LogP contribution in [0.2, 0.25) is 0 Å². The highest BCUT2D eigenvalue weighted by atomic mass is 16.4. The third-order valence-electron chi connectivity index (χ3n) is 9.96. The summed E-state index contributed by atoms with van der Waals surface area (Å²) in [4.78, 5) is 37.1. The zero-order chi connectivity index (χ0) is 34.5. The van der Waals surface area contributed by atoms with Gasteiger partial charge in [-0.1, -0.05) is 121 Å². The number of carbonyl (C=O) groups excluding carboxylic acids is 1. The van der Waals surface area contributed by atoms with Gasteiger partial charge in [-0.15, -0.1) is 0 Å². The Morgan fingerprint density at radius 3 is 2.28 bits per heavy atom. The summed E-state index contributed by atoms with van der Waals surface area (Å²) in [7, 11) is 0. The van der Waals surface area contributed by atoms with Gasteiger partial charge in [0.2, 0.25) is 5.91 Å². The maximum Gasteiger partial charge on any atom is 0.330 e. The summed E-state index contributed by atoms with van der Waals surface area (Å²) in [5.41, 5.74) is 7.94. The summed E-state index contributed by atoms with van der Waals surface area (Å²) >= 11 is 0. The molecule has 2 aliphatic rings.